The first-order valence-corrected chi connectivity index (χ1v) is 13.8. The number of alkyl halides is 3. The summed E-state index contributed by atoms with van der Waals surface area (Å²) in [7, 11) is -4.53. The van der Waals surface area contributed by atoms with Crippen molar-refractivity contribution in [3.8, 4) is 0 Å². The van der Waals surface area contributed by atoms with Crippen molar-refractivity contribution in [1.29, 1.82) is 0 Å². The molecule has 3 aliphatic rings. The predicted octanol–water partition coefficient (Wildman–Crippen LogP) is 4.46. The van der Waals surface area contributed by atoms with E-state index in [0.29, 0.717) is 23.0 Å². The van der Waals surface area contributed by atoms with E-state index < -0.39 is 57.7 Å². The Morgan fingerprint density at radius 2 is 1.58 bits per heavy atom. The SMILES string of the molecule is O=S1(=O)[C@H](c2ccccc2)CCC(C(F)(F)F)N1Cc1cc(F)c(N2C[C@@H]3[C@H](C2)[C@H]3n2cnnc2)cc1F. The molecule has 38 heavy (non-hydrogen) atoms. The summed E-state index contributed by atoms with van der Waals surface area (Å²) in [6.45, 7) is 0.0527. The molecule has 0 spiro atoms. The molecule has 0 radical (unpaired) electrons. The van der Waals surface area contributed by atoms with Crippen LogP contribution in [0.2, 0.25) is 0 Å². The average molecular weight is 554 g/mol. The zero-order valence-electron chi connectivity index (χ0n) is 20.0. The second kappa shape index (κ2) is 9.01. The van der Waals surface area contributed by atoms with Crippen LogP contribution in [0.25, 0.3) is 0 Å². The number of benzene rings is 2. The third kappa shape index (κ3) is 4.25. The molecule has 3 fully saturated rings. The topological polar surface area (TPSA) is 71.3 Å². The summed E-state index contributed by atoms with van der Waals surface area (Å²) >= 11 is 0. The summed E-state index contributed by atoms with van der Waals surface area (Å²) in [6, 6.07) is 7.62. The maximum absolute atomic E-state index is 15.2. The van der Waals surface area contributed by atoms with Gasteiger partial charge in [0, 0.05) is 49.1 Å². The van der Waals surface area contributed by atoms with Gasteiger partial charge in [-0.1, -0.05) is 30.3 Å². The van der Waals surface area contributed by atoms with Crippen LogP contribution in [0.15, 0.2) is 55.1 Å². The van der Waals surface area contributed by atoms with Gasteiger partial charge >= 0.3 is 6.18 Å². The molecule has 7 nitrogen and oxygen atoms in total. The van der Waals surface area contributed by atoms with Crippen molar-refractivity contribution in [2.45, 2.75) is 42.9 Å². The van der Waals surface area contributed by atoms with E-state index in [2.05, 4.69) is 10.2 Å². The van der Waals surface area contributed by atoms with Crippen LogP contribution in [0.1, 0.15) is 35.3 Å². The molecular weight excluding hydrogens is 529 g/mol. The van der Waals surface area contributed by atoms with E-state index in [0.717, 1.165) is 12.1 Å². The molecule has 6 rings (SSSR count). The number of nitrogens with zero attached hydrogens (tertiary/aromatic N) is 5. The molecule has 202 valence electrons. The van der Waals surface area contributed by atoms with Crippen molar-refractivity contribution in [3.05, 3.63) is 77.9 Å². The van der Waals surface area contributed by atoms with Crippen LogP contribution in [0.3, 0.4) is 0 Å². The monoisotopic (exact) mass is 553 g/mol. The molecule has 0 amide bonds. The Bertz CT molecular complexity index is 1420. The quantitative estimate of drug-likeness (QED) is 0.437. The third-order valence-corrected chi connectivity index (χ3v) is 10.3. The number of hydrogen-bond acceptors (Lipinski definition) is 5. The minimum absolute atomic E-state index is 0.0111. The molecule has 2 aliphatic heterocycles. The van der Waals surface area contributed by atoms with Gasteiger partial charge in [-0.25, -0.2) is 17.2 Å². The summed E-state index contributed by atoms with van der Waals surface area (Å²) in [5.74, 6) is -1.29. The fourth-order valence-corrected chi connectivity index (χ4v) is 8.24. The van der Waals surface area contributed by atoms with E-state index in [-0.39, 0.29) is 30.0 Å². The lowest BCUT2D eigenvalue weighted by Gasteiger charge is -2.40. The van der Waals surface area contributed by atoms with E-state index >= 15 is 8.78 Å². The van der Waals surface area contributed by atoms with E-state index in [1.54, 1.807) is 35.8 Å². The van der Waals surface area contributed by atoms with Crippen LogP contribution in [0.5, 0.6) is 0 Å². The molecule has 2 aromatic carbocycles. The van der Waals surface area contributed by atoms with Crippen molar-refractivity contribution >= 4 is 15.7 Å². The number of hydrogen-bond donors (Lipinski definition) is 0. The minimum atomic E-state index is -4.86. The predicted molar refractivity (Wildman–Crippen MR) is 127 cm³/mol. The van der Waals surface area contributed by atoms with Crippen molar-refractivity contribution in [1.82, 2.24) is 19.1 Å². The van der Waals surface area contributed by atoms with Gasteiger partial charge in [0.05, 0.1) is 5.69 Å². The Hall–Kier alpha value is -3.06. The number of sulfonamides is 1. The Morgan fingerprint density at radius 3 is 2.21 bits per heavy atom. The lowest BCUT2D eigenvalue weighted by atomic mass is 10.0. The van der Waals surface area contributed by atoms with E-state index in [9.17, 15) is 21.6 Å². The fourth-order valence-electron chi connectivity index (χ4n) is 6.08. The molecule has 1 unspecified atom stereocenters. The zero-order valence-corrected chi connectivity index (χ0v) is 20.8. The van der Waals surface area contributed by atoms with Gasteiger partial charge < -0.3 is 9.47 Å². The maximum Gasteiger partial charge on any atom is 0.405 e. The van der Waals surface area contributed by atoms with Crippen LogP contribution in [0, 0.1) is 23.5 Å². The first kappa shape index (κ1) is 25.2. The minimum Gasteiger partial charge on any atom is -0.368 e. The Kier molecular flexibility index (Phi) is 5.98. The van der Waals surface area contributed by atoms with Gasteiger partial charge in [0.2, 0.25) is 10.0 Å². The number of aromatic nitrogens is 3. The van der Waals surface area contributed by atoms with Crippen molar-refractivity contribution in [2.24, 2.45) is 11.8 Å². The normalized spacial score (nSPS) is 28.9. The Balaban J connectivity index is 1.25. The number of rotatable bonds is 5. The first-order valence-electron chi connectivity index (χ1n) is 12.2. The van der Waals surface area contributed by atoms with Crippen LogP contribution < -0.4 is 4.90 Å². The summed E-state index contributed by atoms with van der Waals surface area (Å²) in [4.78, 5) is 1.71. The summed E-state index contributed by atoms with van der Waals surface area (Å²) in [6.07, 6.45) is -2.33. The molecule has 5 atom stereocenters. The molecule has 1 aliphatic carbocycles. The highest BCUT2D eigenvalue weighted by molar-refractivity contribution is 7.89. The van der Waals surface area contributed by atoms with Crippen molar-refractivity contribution in [2.75, 3.05) is 18.0 Å². The summed E-state index contributed by atoms with van der Waals surface area (Å²) in [5, 5.41) is 6.39. The average Bonchev–Trinajstić information content (AvgIpc) is 3.23. The largest absolute Gasteiger partial charge is 0.405 e. The Morgan fingerprint density at radius 1 is 0.921 bits per heavy atom. The number of fused-ring (bicyclic) bond motifs is 1. The number of piperidine rings is 1. The van der Waals surface area contributed by atoms with Crippen molar-refractivity contribution < 1.29 is 30.4 Å². The molecule has 3 aromatic rings. The molecular formula is C25H24F5N5O2S. The first-order chi connectivity index (χ1) is 18.1. The molecule has 1 aromatic heterocycles. The van der Waals surface area contributed by atoms with Crippen molar-refractivity contribution in [3.63, 3.8) is 0 Å². The number of halogens is 5. The lowest BCUT2D eigenvalue weighted by molar-refractivity contribution is -0.176. The molecule has 0 N–H and O–H groups in total. The third-order valence-electron chi connectivity index (χ3n) is 8.00. The van der Waals surface area contributed by atoms with E-state index in [1.165, 1.54) is 12.1 Å². The van der Waals surface area contributed by atoms with Crippen LogP contribution in [0.4, 0.5) is 27.6 Å². The number of anilines is 1. The van der Waals surface area contributed by atoms with Gasteiger partial charge in [-0.3, -0.25) is 0 Å². The van der Waals surface area contributed by atoms with Crippen LogP contribution in [-0.4, -0.2) is 52.8 Å². The maximum atomic E-state index is 15.2. The van der Waals surface area contributed by atoms with Gasteiger partial charge in [0.1, 0.15) is 35.6 Å². The van der Waals surface area contributed by atoms with Gasteiger partial charge in [-0.2, -0.15) is 17.5 Å². The molecule has 1 saturated carbocycles. The summed E-state index contributed by atoms with van der Waals surface area (Å²) < 4.78 is 101. The summed E-state index contributed by atoms with van der Waals surface area (Å²) in [5.41, 5.74) is -0.0704. The highest BCUT2D eigenvalue weighted by Crippen LogP contribution is 2.56. The van der Waals surface area contributed by atoms with Gasteiger partial charge in [0.15, 0.2) is 0 Å². The van der Waals surface area contributed by atoms with Crippen LogP contribution >= 0.6 is 0 Å². The second-order valence-corrected chi connectivity index (χ2v) is 12.2. The van der Waals surface area contributed by atoms with Gasteiger partial charge in [0.25, 0.3) is 0 Å². The lowest BCUT2D eigenvalue weighted by Crippen LogP contribution is -2.52. The van der Waals surface area contributed by atoms with E-state index in [4.69, 9.17) is 0 Å². The van der Waals surface area contributed by atoms with Gasteiger partial charge in [-0.05, 0) is 24.5 Å². The van der Waals surface area contributed by atoms with E-state index in [1.807, 2.05) is 4.57 Å². The van der Waals surface area contributed by atoms with Crippen LogP contribution in [-0.2, 0) is 16.6 Å². The zero-order chi connectivity index (χ0) is 26.8. The molecule has 2 saturated heterocycles. The highest BCUT2D eigenvalue weighted by Gasteiger charge is 2.57. The standard InChI is InChI=1S/C25H24F5N5O2S/c26-19-9-21(33-11-17-18(12-33)24(17)34-13-31-32-14-34)20(27)8-16(19)10-35-23(25(28,29)30)7-6-22(38(35,36)37)15-4-2-1-3-5-15/h1-5,8-9,13-14,17-18,22-24H,6-7,10-12H2/t17-,18+,22-,23?,24+/m0/s1. The molecule has 3 heterocycles. The highest BCUT2D eigenvalue weighted by atomic mass is 32.2. The Labute approximate surface area is 215 Å². The smallest absolute Gasteiger partial charge is 0.368 e. The second-order valence-electron chi connectivity index (χ2n) is 10.2. The fraction of sp³-hybridized carbons (Fsp3) is 0.440. The molecule has 13 heteroatoms. The van der Waals surface area contributed by atoms with Gasteiger partial charge in [-0.15, -0.1) is 10.2 Å². The molecule has 0 bridgehead atoms.